The zero-order valence-corrected chi connectivity index (χ0v) is 14.4. The number of nitrogens with zero attached hydrogens (tertiary/aromatic N) is 2. The lowest BCUT2D eigenvalue weighted by Gasteiger charge is -2.10. The van der Waals surface area contributed by atoms with Crippen LogP contribution < -0.4 is 20.1 Å². The molecule has 7 nitrogen and oxygen atoms in total. The molecule has 1 saturated carbocycles. The van der Waals surface area contributed by atoms with Crippen LogP contribution in [0.3, 0.4) is 0 Å². The predicted molar refractivity (Wildman–Crippen MR) is 94.3 cm³/mol. The molecule has 2 aromatic rings. The number of carbonyl (C=O) groups is 1. The molecule has 0 radical (unpaired) electrons. The third-order valence-corrected chi connectivity index (χ3v) is 3.97. The summed E-state index contributed by atoms with van der Waals surface area (Å²) in [6, 6.07) is 9.69. The van der Waals surface area contributed by atoms with Gasteiger partial charge in [-0.05, 0) is 49.1 Å². The molecule has 1 heterocycles. The lowest BCUT2D eigenvalue weighted by Crippen LogP contribution is -2.26. The van der Waals surface area contributed by atoms with E-state index in [2.05, 4.69) is 20.8 Å². The normalized spacial score (nSPS) is 13.2. The van der Waals surface area contributed by atoms with Gasteiger partial charge in [-0.1, -0.05) is 6.07 Å². The van der Waals surface area contributed by atoms with Crippen LogP contribution in [0.2, 0.25) is 0 Å². The summed E-state index contributed by atoms with van der Waals surface area (Å²) in [6.07, 6.45) is 3.01. The Hall–Kier alpha value is -2.83. The Kier molecular flexibility index (Phi) is 5.33. The summed E-state index contributed by atoms with van der Waals surface area (Å²) in [5.41, 5.74) is 1.36. The highest BCUT2D eigenvalue weighted by molar-refractivity contribution is 5.92. The highest BCUT2D eigenvalue weighted by atomic mass is 16.5. The molecule has 1 aromatic heterocycles. The van der Waals surface area contributed by atoms with Crippen LogP contribution in [0.15, 0.2) is 30.3 Å². The molecule has 132 valence electrons. The van der Waals surface area contributed by atoms with Gasteiger partial charge < -0.3 is 20.1 Å². The van der Waals surface area contributed by atoms with Gasteiger partial charge in [-0.25, -0.2) is 0 Å². The second-order valence-corrected chi connectivity index (χ2v) is 5.92. The van der Waals surface area contributed by atoms with Gasteiger partial charge in [0.15, 0.2) is 17.2 Å². The van der Waals surface area contributed by atoms with Crippen molar-refractivity contribution in [1.82, 2.24) is 15.5 Å². The van der Waals surface area contributed by atoms with Crippen molar-refractivity contribution in [2.24, 2.45) is 0 Å². The zero-order chi connectivity index (χ0) is 17.6. The van der Waals surface area contributed by atoms with E-state index in [0.29, 0.717) is 42.0 Å². The molecule has 7 heteroatoms. The lowest BCUT2D eigenvalue weighted by atomic mass is 10.1. The molecule has 1 amide bonds. The van der Waals surface area contributed by atoms with Gasteiger partial charge in [-0.3, -0.25) is 4.79 Å². The Labute approximate surface area is 146 Å². The number of benzene rings is 1. The van der Waals surface area contributed by atoms with Gasteiger partial charge >= 0.3 is 0 Å². The van der Waals surface area contributed by atoms with Crippen LogP contribution in [-0.2, 0) is 6.42 Å². The molecule has 1 aliphatic rings. The number of nitrogens with one attached hydrogen (secondary N) is 2. The number of methoxy groups -OCH3 is 2. The topological polar surface area (TPSA) is 85.4 Å². The fourth-order valence-electron chi connectivity index (χ4n) is 2.41. The number of hydrogen-bond donors (Lipinski definition) is 2. The van der Waals surface area contributed by atoms with Crippen molar-refractivity contribution in [1.29, 1.82) is 0 Å². The maximum absolute atomic E-state index is 12.1. The molecule has 0 bridgehead atoms. The number of hydrogen-bond acceptors (Lipinski definition) is 6. The Morgan fingerprint density at radius 3 is 2.56 bits per heavy atom. The summed E-state index contributed by atoms with van der Waals surface area (Å²) in [5, 5.41) is 14.1. The molecule has 25 heavy (non-hydrogen) atoms. The van der Waals surface area contributed by atoms with Crippen LogP contribution in [0, 0.1) is 0 Å². The predicted octanol–water partition coefficient (Wildman–Crippen LogP) is 2.04. The molecule has 0 atom stereocenters. The molecule has 0 aliphatic heterocycles. The molecule has 1 aliphatic carbocycles. The Morgan fingerprint density at radius 2 is 1.92 bits per heavy atom. The summed E-state index contributed by atoms with van der Waals surface area (Å²) in [4.78, 5) is 12.1. The van der Waals surface area contributed by atoms with Crippen molar-refractivity contribution >= 4 is 11.7 Å². The van der Waals surface area contributed by atoms with Gasteiger partial charge in [-0.2, -0.15) is 0 Å². The van der Waals surface area contributed by atoms with Crippen molar-refractivity contribution < 1.29 is 14.3 Å². The molecule has 0 saturated heterocycles. The number of aromatic nitrogens is 2. The number of anilines is 1. The van der Waals surface area contributed by atoms with Crippen molar-refractivity contribution in [2.45, 2.75) is 25.3 Å². The fourth-order valence-corrected chi connectivity index (χ4v) is 2.41. The maximum Gasteiger partial charge on any atom is 0.271 e. The second kappa shape index (κ2) is 7.83. The molecule has 0 unspecified atom stereocenters. The Balaban J connectivity index is 1.50. The van der Waals surface area contributed by atoms with E-state index in [9.17, 15) is 4.79 Å². The van der Waals surface area contributed by atoms with Gasteiger partial charge in [0.2, 0.25) is 0 Å². The molecular formula is C18H22N4O3. The lowest BCUT2D eigenvalue weighted by molar-refractivity contribution is 0.0948. The van der Waals surface area contributed by atoms with Crippen molar-refractivity contribution in [3.05, 3.63) is 41.6 Å². The van der Waals surface area contributed by atoms with E-state index in [1.807, 2.05) is 18.2 Å². The molecular weight excluding hydrogens is 320 g/mol. The van der Waals surface area contributed by atoms with Gasteiger partial charge in [0.25, 0.3) is 5.91 Å². The second-order valence-electron chi connectivity index (χ2n) is 5.92. The largest absolute Gasteiger partial charge is 0.493 e. The van der Waals surface area contributed by atoms with Crippen molar-refractivity contribution in [3.63, 3.8) is 0 Å². The monoisotopic (exact) mass is 342 g/mol. The Bertz CT molecular complexity index is 730. The first kappa shape index (κ1) is 17.0. The number of ether oxygens (including phenoxy) is 2. The zero-order valence-electron chi connectivity index (χ0n) is 14.4. The summed E-state index contributed by atoms with van der Waals surface area (Å²) < 4.78 is 10.5. The highest BCUT2D eigenvalue weighted by Gasteiger charge is 2.21. The van der Waals surface area contributed by atoms with E-state index in [-0.39, 0.29) is 5.91 Å². The number of rotatable bonds is 8. The molecule has 3 rings (SSSR count). The fraction of sp³-hybridized carbons (Fsp3) is 0.389. The average Bonchev–Trinajstić information content (AvgIpc) is 3.46. The number of carbonyl (C=O) groups excluding carboxylic acids is 1. The summed E-state index contributed by atoms with van der Waals surface area (Å²) in [7, 11) is 3.20. The minimum atomic E-state index is -0.231. The SMILES string of the molecule is COc1ccc(CCNC(=O)c2ccc(NC3CC3)nn2)cc1OC. The molecule has 1 aromatic carbocycles. The molecule has 1 fully saturated rings. The van der Waals surface area contributed by atoms with Gasteiger partial charge in [0, 0.05) is 12.6 Å². The van der Waals surface area contributed by atoms with Gasteiger partial charge in [-0.15, -0.1) is 10.2 Å². The molecule has 2 N–H and O–H groups in total. The van der Waals surface area contributed by atoms with Crippen LogP contribution in [0.4, 0.5) is 5.82 Å². The van der Waals surface area contributed by atoms with E-state index >= 15 is 0 Å². The average molecular weight is 342 g/mol. The smallest absolute Gasteiger partial charge is 0.271 e. The third-order valence-electron chi connectivity index (χ3n) is 3.97. The third kappa shape index (κ3) is 4.59. The van der Waals surface area contributed by atoms with Crippen molar-refractivity contribution in [3.8, 4) is 11.5 Å². The van der Waals surface area contributed by atoms with E-state index in [0.717, 1.165) is 5.56 Å². The maximum atomic E-state index is 12.1. The van der Waals surface area contributed by atoms with Crippen LogP contribution in [0.5, 0.6) is 11.5 Å². The van der Waals surface area contributed by atoms with Crippen LogP contribution >= 0.6 is 0 Å². The van der Waals surface area contributed by atoms with Crippen LogP contribution in [0.1, 0.15) is 28.9 Å². The standard InChI is InChI=1S/C18H22N4O3/c1-24-15-7-3-12(11-16(15)25-2)9-10-19-18(23)14-6-8-17(22-21-14)20-13-4-5-13/h3,6-8,11,13H,4-5,9-10H2,1-2H3,(H,19,23)(H,20,22). The van der Waals surface area contributed by atoms with Gasteiger partial charge in [0.05, 0.1) is 14.2 Å². The quantitative estimate of drug-likeness (QED) is 0.764. The van der Waals surface area contributed by atoms with E-state index < -0.39 is 0 Å². The first-order chi connectivity index (χ1) is 12.2. The molecule has 0 spiro atoms. The van der Waals surface area contributed by atoms with Crippen molar-refractivity contribution in [2.75, 3.05) is 26.1 Å². The van der Waals surface area contributed by atoms with Crippen LogP contribution in [-0.4, -0.2) is 42.9 Å². The summed E-state index contributed by atoms with van der Waals surface area (Å²) in [6.45, 7) is 0.498. The summed E-state index contributed by atoms with van der Waals surface area (Å²) in [5.74, 6) is 1.84. The minimum absolute atomic E-state index is 0.231. The van der Waals surface area contributed by atoms with Gasteiger partial charge in [0.1, 0.15) is 5.82 Å². The van der Waals surface area contributed by atoms with Crippen LogP contribution in [0.25, 0.3) is 0 Å². The summed E-state index contributed by atoms with van der Waals surface area (Å²) >= 11 is 0. The minimum Gasteiger partial charge on any atom is -0.493 e. The van der Waals surface area contributed by atoms with E-state index in [1.54, 1.807) is 26.4 Å². The van der Waals surface area contributed by atoms with E-state index in [1.165, 1.54) is 12.8 Å². The first-order valence-electron chi connectivity index (χ1n) is 8.29. The highest BCUT2D eigenvalue weighted by Crippen LogP contribution is 2.27. The first-order valence-corrected chi connectivity index (χ1v) is 8.29. The van der Waals surface area contributed by atoms with E-state index in [4.69, 9.17) is 9.47 Å². The number of amides is 1. The Morgan fingerprint density at radius 1 is 1.12 bits per heavy atom.